The van der Waals surface area contributed by atoms with E-state index < -0.39 is 0 Å². The lowest BCUT2D eigenvalue weighted by Crippen LogP contribution is -2.07. The Morgan fingerprint density at radius 1 is 1.04 bits per heavy atom. The molecule has 0 aliphatic rings. The summed E-state index contributed by atoms with van der Waals surface area (Å²) in [5.41, 5.74) is 8.58. The van der Waals surface area contributed by atoms with Crippen LogP contribution in [0.1, 0.15) is 11.1 Å². The maximum Gasteiger partial charge on any atom is 0.240 e. The van der Waals surface area contributed by atoms with Gasteiger partial charge in [-0.15, -0.1) is 0 Å². The number of carbonyl (C=O) groups excluding carboxylic acids is 1. The standard InChI is InChI=1S/C21H20N4O2/c22-21-20(27-12-11-16-7-3-1-4-8-16)18(24-15-26)13-19(25-21)23-14-17-9-5-2-6-10-17/h1-10,13H,11-12,14H2,(H3,22,23,25). The number of nitrogen functional groups attached to an aromatic ring is 1. The fourth-order valence-electron chi connectivity index (χ4n) is 2.61. The van der Waals surface area contributed by atoms with Crippen molar-refractivity contribution in [2.24, 2.45) is 4.99 Å². The molecular formula is C21H20N4O2. The number of pyridine rings is 1. The summed E-state index contributed by atoms with van der Waals surface area (Å²) in [6.07, 6.45) is 2.25. The van der Waals surface area contributed by atoms with Crippen molar-refractivity contribution in [1.82, 2.24) is 4.98 Å². The molecule has 0 aliphatic heterocycles. The highest BCUT2D eigenvalue weighted by Crippen LogP contribution is 2.34. The van der Waals surface area contributed by atoms with Crippen LogP contribution in [0.15, 0.2) is 71.7 Å². The van der Waals surface area contributed by atoms with E-state index in [0.29, 0.717) is 36.8 Å². The second kappa shape index (κ2) is 9.17. The third-order valence-electron chi connectivity index (χ3n) is 3.94. The molecule has 0 saturated heterocycles. The van der Waals surface area contributed by atoms with Crippen molar-refractivity contribution in [3.63, 3.8) is 0 Å². The molecule has 0 aliphatic carbocycles. The smallest absolute Gasteiger partial charge is 0.240 e. The van der Waals surface area contributed by atoms with Crippen molar-refractivity contribution in [1.29, 1.82) is 0 Å². The van der Waals surface area contributed by atoms with Crippen LogP contribution in [-0.4, -0.2) is 17.7 Å². The molecule has 0 radical (unpaired) electrons. The van der Waals surface area contributed by atoms with Gasteiger partial charge in [0, 0.05) is 19.0 Å². The predicted octanol–water partition coefficient (Wildman–Crippen LogP) is 3.86. The maximum atomic E-state index is 10.8. The quantitative estimate of drug-likeness (QED) is 0.470. The van der Waals surface area contributed by atoms with E-state index in [-0.39, 0.29) is 5.82 Å². The Morgan fingerprint density at radius 2 is 1.70 bits per heavy atom. The highest BCUT2D eigenvalue weighted by Gasteiger charge is 2.12. The zero-order valence-electron chi connectivity index (χ0n) is 14.8. The summed E-state index contributed by atoms with van der Waals surface area (Å²) in [5.74, 6) is 0.982. The minimum atomic E-state index is 0.176. The fraction of sp³-hybridized carbons (Fsp3) is 0.143. The fourth-order valence-corrected chi connectivity index (χ4v) is 2.61. The maximum absolute atomic E-state index is 10.8. The van der Waals surface area contributed by atoms with E-state index in [9.17, 15) is 4.79 Å². The second-order valence-corrected chi connectivity index (χ2v) is 5.87. The van der Waals surface area contributed by atoms with Crippen molar-refractivity contribution < 1.29 is 9.53 Å². The summed E-state index contributed by atoms with van der Waals surface area (Å²) >= 11 is 0. The van der Waals surface area contributed by atoms with Crippen molar-refractivity contribution in [3.8, 4) is 5.75 Å². The number of aliphatic imine (C=N–C) groups is 1. The molecule has 0 bridgehead atoms. The van der Waals surface area contributed by atoms with Gasteiger partial charge in [0.2, 0.25) is 6.08 Å². The Hall–Kier alpha value is -3.63. The number of hydrogen-bond donors (Lipinski definition) is 2. The van der Waals surface area contributed by atoms with Gasteiger partial charge < -0.3 is 15.8 Å². The van der Waals surface area contributed by atoms with E-state index in [1.54, 1.807) is 12.1 Å². The zero-order chi connectivity index (χ0) is 18.9. The van der Waals surface area contributed by atoms with E-state index >= 15 is 0 Å². The molecule has 1 heterocycles. The molecule has 3 rings (SSSR count). The van der Waals surface area contributed by atoms with Crippen LogP contribution in [-0.2, 0) is 17.8 Å². The van der Waals surface area contributed by atoms with E-state index in [2.05, 4.69) is 15.3 Å². The molecule has 6 nitrogen and oxygen atoms in total. The highest BCUT2D eigenvalue weighted by molar-refractivity contribution is 5.70. The van der Waals surface area contributed by atoms with Crippen molar-refractivity contribution in [3.05, 3.63) is 77.9 Å². The van der Waals surface area contributed by atoms with Gasteiger partial charge in [-0.2, -0.15) is 4.99 Å². The Morgan fingerprint density at radius 3 is 2.37 bits per heavy atom. The number of nitrogens with one attached hydrogen (secondary N) is 1. The lowest BCUT2D eigenvalue weighted by Gasteiger charge is -2.13. The minimum Gasteiger partial charge on any atom is -0.487 e. The van der Waals surface area contributed by atoms with Crippen molar-refractivity contribution >= 4 is 23.4 Å². The molecule has 0 fully saturated rings. The summed E-state index contributed by atoms with van der Waals surface area (Å²) in [7, 11) is 0. The molecule has 0 spiro atoms. The van der Waals surface area contributed by atoms with Crippen LogP contribution in [0.5, 0.6) is 5.75 Å². The van der Waals surface area contributed by atoms with Crippen LogP contribution in [0.25, 0.3) is 0 Å². The first-order chi connectivity index (χ1) is 13.3. The average molecular weight is 360 g/mol. The third-order valence-corrected chi connectivity index (χ3v) is 3.94. The van der Waals surface area contributed by atoms with Crippen LogP contribution < -0.4 is 15.8 Å². The first-order valence-corrected chi connectivity index (χ1v) is 8.59. The molecule has 1 aromatic heterocycles. The molecular weight excluding hydrogens is 340 g/mol. The van der Waals surface area contributed by atoms with Gasteiger partial charge in [-0.05, 0) is 11.1 Å². The number of isocyanates is 1. The summed E-state index contributed by atoms with van der Waals surface area (Å²) in [6.45, 7) is 0.972. The van der Waals surface area contributed by atoms with Gasteiger partial charge in [-0.1, -0.05) is 60.7 Å². The zero-order valence-corrected chi connectivity index (χ0v) is 14.8. The Kier molecular flexibility index (Phi) is 6.17. The van der Waals surface area contributed by atoms with Crippen molar-refractivity contribution in [2.75, 3.05) is 17.7 Å². The van der Waals surface area contributed by atoms with E-state index in [4.69, 9.17) is 10.5 Å². The van der Waals surface area contributed by atoms with E-state index in [0.717, 1.165) is 11.1 Å². The minimum absolute atomic E-state index is 0.176. The summed E-state index contributed by atoms with van der Waals surface area (Å²) < 4.78 is 5.75. The lowest BCUT2D eigenvalue weighted by atomic mass is 10.2. The number of anilines is 2. The molecule has 27 heavy (non-hydrogen) atoms. The second-order valence-electron chi connectivity index (χ2n) is 5.87. The molecule has 136 valence electrons. The normalized spacial score (nSPS) is 10.1. The Bertz CT molecular complexity index is 924. The van der Waals surface area contributed by atoms with Gasteiger partial charge in [0.15, 0.2) is 11.6 Å². The molecule has 0 amide bonds. The Labute approximate surface area is 157 Å². The molecule has 0 saturated carbocycles. The number of nitrogens with two attached hydrogens (primary N) is 1. The van der Waals surface area contributed by atoms with Crippen LogP contribution in [0.2, 0.25) is 0 Å². The largest absolute Gasteiger partial charge is 0.487 e. The third kappa shape index (κ3) is 5.17. The monoisotopic (exact) mass is 360 g/mol. The van der Waals surface area contributed by atoms with Gasteiger partial charge in [-0.25, -0.2) is 9.78 Å². The topological polar surface area (TPSA) is 89.6 Å². The Balaban J connectivity index is 1.70. The molecule has 0 atom stereocenters. The van der Waals surface area contributed by atoms with Gasteiger partial charge >= 0.3 is 0 Å². The molecule has 0 unspecified atom stereocenters. The van der Waals surface area contributed by atoms with Crippen LogP contribution in [0, 0.1) is 0 Å². The van der Waals surface area contributed by atoms with E-state index in [1.165, 1.54) is 0 Å². The SMILES string of the molecule is Nc1nc(NCc2ccccc2)cc(N=C=O)c1OCCc1ccccc1. The summed E-state index contributed by atoms with van der Waals surface area (Å²) in [5, 5.41) is 3.17. The first-order valence-electron chi connectivity index (χ1n) is 8.59. The molecule has 6 heteroatoms. The number of rotatable bonds is 8. The van der Waals surface area contributed by atoms with Crippen LogP contribution in [0.4, 0.5) is 17.3 Å². The number of ether oxygens (including phenoxy) is 1. The number of aromatic nitrogens is 1. The van der Waals surface area contributed by atoms with Crippen LogP contribution in [0.3, 0.4) is 0 Å². The van der Waals surface area contributed by atoms with Gasteiger partial charge in [0.25, 0.3) is 0 Å². The molecule has 3 aromatic rings. The average Bonchev–Trinajstić information content (AvgIpc) is 2.70. The van der Waals surface area contributed by atoms with Gasteiger partial charge in [0.05, 0.1) is 6.61 Å². The number of nitrogens with zero attached hydrogens (tertiary/aromatic N) is 2. The number of hydrogen-bond acceptors (Lipinski definition) is 6. The molecule has 2 aromatic carbocycles. The van der Waals surface area contributed by atoms with Gasteiger partial charge in [-0.3, -0.25) is 0 Å². The van der Waals surface area contributed by atoms with E-state index in [1.807, 2.05) is 60.7 Å². The first kappa shape index (κ1) is 18.2. The van der Waals surface area contributed by atoms with Gasteiger partial charge in [0.1, 0.15) is 11.5 Å². The summed E-state index contributed by atoms with van der Waals surface area (Å²) in [4.78, 5) is 18.8. The number of benzene rings is 2. The lowest BCUT2D eigenvalue weighted by molar-refractivity contribution is 0.324. The van der Waals surface area contributed by atoms with Crippen LogP contribution >= 0.6 is 0 Å². The molecule has 3 N–H and O–H groups in total. The predicted molar refractivity (Wildman–Crippen MR) is 106 cm³/mol. The highest BCUT2D eigenvalue weighted by atomic mass is 16.5. The van der Waals surface area contributed by atoms with Crippen molar-refractivity contribution in [2.45, 2.75) is 13.0 Å². The summed E-state index contributed by atoms with van der Waals surface area (Å²) in [6, 6.07) is 21.5.